The number of hydrogen-bond acceptors (Lipinski definition) is 3. The molecule has 0 saturated heterocycles. The van der Waals surface area contributed by atoms with Gasteiger partial charge in [-0.3, -0.25) is 4.79 Å². The van der Waals surface area contributed by atoms with E-state index < -0.39 is 0 Å². The van der Waals surface area contributed by atoms with Gasteiger partial charge in [0.1, 0.15) is 6.61 Å². The second-order valence-electron chi connectivity index (χ2n) is 4.15. The molecule has 0 spiro atoms. The first-order chi connectivity index (χ1) is 7.27. The summed E-state index contributed by atoms with van der Waals surface area (Å²) in [4.78, 5) is 11.4. The molecule has 1 aliphatic carbocycles. The van der Waals surface area contributed by atoms with Gasteiger partial charge < -0.3 is 15.8 Å². The van der Waals surface area contributed by atoms with Crippen LogP contribution in [-0.2, 0) is 9.53 Å². The van der Waals surface area contributed by atoms with Crippen molar-refractivity contribution in [2.24, 2.45) is 11.7 Å². The van der Waals surface area contributed by atoms with Crippen molar-refractivity contribution in [2.75, 3.05) is 19.8 Å². The van der Waals surface area contributed by atoms with Gasteiger partial charge in [-0.05, 0) is 25.2 Å². The summed E-state index contributed by atoms with van der Waals surface area (Å²) in [5.41, 5.74) is 5.58. The maximum Gasteiger partial charge on any atom is 0.246 e. The maximum atomic E-state index is 11.4. The van der Waals surface area contributed by atoms with Gasteiger partial charge in [-0.25, -0.2) is 0 Å². The summed E-state index contributed by atoms with van der Waals surface area (Å²) in [6.45, 7) is 3.47. The lowest BCUT2D eigenvalue weighted by Gasteiger charge is -2.15. The molecule has 1 saturated carbocycles. The van der Waals surface area contributed by atoms with E-state index in [0.717, 1.165) is 12.8 Å². The van der Waals surface area contributed by atoms with Crippen LogP contribution in [0.3, 0.4) is 0 Å². The molecule has 1 aliphatic rings. The van der Waals surface area contributed by atoms with Crippen LogP contribution in [0.25, 0.3) is 0 Å². The summed E-state index contributed by atoms with van der Waals surface area (Å²) >= 11 is 0. The van der Waals surface area contributed by atoms with Crippen molar-refractivity contribution in [1.29, 1.82) is 0 Å². The highest BCUT2D eigenvalue weighted by Crippen LogP contribution is 2.32. The summed E-state index contributed by atoms with van der Waals surface area (Å²) in [6.07, 6.45) is 4.49. The Morgan fingerprint density at radius 3 is 2.75 bits per heavy atom. The molecular weight excluding hydrogens is 228 g/mol. The third-order valence-corrected chi connectivity index (χ3v) is 2.67. The normalized spacial score (nSPS) is 16.4. The van der Waals surface area contributed by atoms with Crippen molar-refractivity contribution >= 4 is 18.3 Å². The molecule has 96 valence electrons. The number of halogens is 1. The average molecular weight is 251 g/mol. The Morgan fingerprint density at radius 2 is 2.25 bits per heavy atom. The highest BCUT2D eigenvalue weighted by Gasteiger charge is 2.31. The van der Waals surface area contributed by atoms with E-state index in [9.17, 15) is 4.79 Å². The van der Waals surface area contributed by atoms with Crippen LogP contribution in [0, 0.1) is 5.92 Å². The number of unbranched alkanes of at least 4 members (excludes halogenated alkanes) is 1. The van der Waals surface area contributed by atoms with Crippen LogP contribution in [0.4, 0.5) is 0 Å². The number of hydrogen-bond donors (Lipinski definition) is 2. The molecule has 0 aromatic carbocycles. The van der Waals surface area contributed by atoms with E-state index in [0.29, 0.717) is 19.1 Å². The Morgan fingerprint density at radius 1 is 1.56 bits per heavy atom. The lowest BCUT2D eigenvalue weighted by molar-refractivity contribution is -0.126. The van der Waals surface area contributed by atoms with Crippen LogP contribution >= 0.6 is 12.4 Å². The van der Waals surface area contributed by atoms with Gasteiger partial charge in [-0.2, -0.15) is 0 Å². The summed E-state index contributed by atoms with van der Waals surface area (Å²) in [5.74, 6) is 0.572. The molecule has 0 aliphatic heterocycles. The zero-order valence-electron chi connectivity index (χ0n) is 9.91. The Labute approximate surface area is 104 Å². The molecule has 3 N–H and O–H groups in total. The number of rotatable bonds is 8. The molecule has 1 unspecified atom stereocenters. The molecular formula is C11H23ClN2O2. The predicted molar refractivity (Wildman–Crippen MR) is 66.7 cm³/mol. The zero-order valence-corrected chi connectivity index (χ0v) is 10.7. The smallest absolute Gasteiger partial charge is 0.246 e. The van der Waals surface area contributed by atoms with Crippen LogP contribution in [0.1, 0.15) is 32.6 Å². The van der Waals surface area contributed by atoms with Crippen LogP contribution < -0.4 is 11.1 Å². The first kappa shape index (κ1) is 15.7. The monoisotopic (exact) mass is 250 g/mol. The zero-order chi connectivity index (χ0) is 11.1. The van der Waals surface area contributed by atoms with Gasteiger partial charge in [0.25, 0.3) is 0 Å². The molecule has 0 aromatic heterocycles. The van der Waals surface area contributed by atoms with Crippen LogP contribution in [-0.4, -0.2) is 31.7 Å². The number of amides is 1. The highest BCUT2D eigenvalue weighted by molar-refractivity contribution is 5.85. The minimum Gasteiger partial charge on any atom is -0.372 e. The maximum absolute atomic E-state index is 11.4. The van der Waals surface area contributed by atoms with Gasteiger partial charge in [0.05, 0.1) is 0 Å². The van der Waals surface area contributed by atoms with Gasteiger partial charge in [0.2, 0.25) is 5.91 Å². The first-order valence-electron chi connectivity index (χ1n) is 5.85. The second-order valence-corrected chi connectivity index (χ2v) is 4.15. The molecule has 16 heavy (non-hydrogen) atoms. The summed E-state index contributed by atoms with van der Waals surface area (Å²) in [5, 5.41) is 2.92. The van der Waals surface area contributed by atoms with Crippen molar-refractivity contribution in [2.45, 2.75) is 38.6 Å². The van der Waals surface area contributed by atoms with Gasteiger partial charge in [0.15, 0.2) is 0 Å². The first-order valence-corrected chi connectivity index (χ1v) is 5.85. The molecule has 1 atom stereocenters. The third kappa shape index (κ3) is 6.30. The number of carbonyl (C=O) groups excluding carboxylic acids is 1. The summed E-state index contributed by atoms with van der Waals surface area (Å²) in [6, 6.07) is 0.160. The van der Waals surface area contributed by atoms with Crippen molar-refractivity contribution in [3.8, 4) is 0 Å². The Bertz CT molecular complexity index is 198. The predicted octanol–water partition coefficient (Wildman–Crippen LogP) is 1.08. The lowest BCUT2D eigenvalue weighted by Crippen LogP contribution is -2.43. The molecule has 5 heteroatoms. The molecule has 0 heterocycles. The highest BCUT2D eigenvalue weighted by atomic mass is 35.5. The minimum atomic E-state index is -0.0338. The van der Waals surface area contributed by atoms with E-state index in [2.05, 4.69) is 12.2 Å². The van der Waals surface area contributed by atoms with Crippen molar-refractivity contribution < 1.29 is 9.53 Å². The Balaban J connectivity index is 0.00000225. The van der Waals surface area contributed by atoms with Gasteiger partial charge in [-0.15, -0.1) is 12.4 Å². The third-order valence-electron chi connectivity index (χ3n) is 2.67. The molecule has 0 bridgehead atoms. The van der Waals surface area contributed by atoms with E-state index in [1.54, 1.807) is 0 Å². The molecule has 0 aromatic rings. The fraction of sp³-hybridized carbons (Fsp3) is 0.909. The van der Waals surface area contributed by atoms with Crippen LogP contribution in [0.15, 0.2) is 0 Å². The van der Waals surface area contributed by atoms with Crippen molar-refractivity contribution in [1.82, 2.24) is 5.32 Å². The van der Waals surface area contributed by atoms with Crippen LogP contribution in [0.2, 0.25) is 0 Å². The van der Waals surface area contributed by atoms with Crippen molar-refractivity contribution in [3.05, 3.63) is 0 Å². The van der Waals surface area contributed by atoms with E-state index in [1.165, 1.54) is 12.8 Å². The minimum absolute atomic E-state index is 0. The quantitative estimate of drug-likeness (QED) is 0.634. The standard InChI is InChI=1S/C11H22N2O2.ClH/c1-2-3-6-15-8-11(14)13-10(7-12)9-4-5-9;/h9-10H,2-8,12H2,1H3,(H,13,14);1H. The fourth-order valence-corrected chi connectivity index (χ4v) is 1.53. The summed E-state index contributed by atoms with van der Waals surface area (Å²) in [7, 11) is 0. The molecule has 1 rings (SSSR count). The average Bonchev–Trinajstić information content (AvgIpc) is 3.05. The van der Waals surface area contributed by atoms with E-state index in [-0.39, 0.29) is 31.0 Å². The summed E-state index contributed by atoms with van der Waals surface area (Å²) < 4.78 is 5.23. The second kappa shape index (κ2) is 8.79. The largest absolute Gasteiger partial charge is 0.372 e. The van der Waals surface area contributed by atoms with Crippen LogP contribution in [0.5, 0.6) is 0 Å². The van der Waals surface area contributed by atoms with Gasteiger partial charge in [-0.1, -0.05) is 13.3 Å². The molecule has 4 nitrogen and oxygen atoms in total. The van der Waals surface area contributed by atoms with Crippen molar-refractivity contribution in [3.63, 3.8) is 0 Å². The van der Waals surface area contributed by atoms with E-state index in [4.69, 9.17) is 10.5 Å². The fourth-order valence-electron chi connectivity index (χ4n) is 1.53. The molecule has 0 radical (unpaired) electrons. The number of nitrogens with one attached hydrogen (secondary N) is 1. The number of carbonyl (C=O) groups is 1. The van der Waals surface area contributed by atoms with Gasteiger partial charge in [0, 0.05) is 19.2 Å². The van der Waals surface area contributed by atoms with Gasteiger partial charge >= 0.3 is 0 Å². The topological polar surface area (TPSA) is 64.3 Å². The van der Waals surface area contributed by atoms with E-state index in [1.807, 2.05) is 0 Å². The lowest BCUT2D eigenvalue weighted by atomic mass is 10.2. The van der Waals surface area contributed by atoms with E-state index >= 15 is 0 Å². The molecule has 1 fully saturated rings. The molecule has 1 amide bonds. The SMILES string of the molecule is CCCCOCC(=O)NC(CN)C1CC1.Cl. The Kier molecular flexibility index (Phi) is 8.61. The number of nitrogens with two attached hydrogens (primary N) is 1. The Hall–Kier alpha value is -0.320. The number of ether oxygens (including phenoxy) is 1.